The van der Waals surface area contributed by atoms with Crippen LogP contribution in [0.25, 0.3) is 11.3 Å². The first-order valence-electron chi connectivity index (χ1n) is 5.99. The number of fused-ring (bicyclic) bond motifs is 3. The summed E-state index contributed by atoms with van der Waals surface area (Å²) in [6, 6.07) is 5.25. The van der Waals surface area contributed by atoms with Crippen LogP contribution in [0.4, 0.5) is 5.69 Å². The molecule has 0 unspecified atom stereocenters. The second-order valence-electron chi connectivity index (χ2n) is 3.35. The average molecular weight is 205 g/mol. The fraction of sp³-hybridized carbons (Fsp3) is 0.182. The third kappa shape index (κ3) is 1.05. The van der Waals surface area contributed by atoms with Crippen LogP contribution in [0.2, 0.25) is 0 Å². The molecule has 0 atom stereocenters. The highest BCUT2D eigenvalue weighted by Gasteiger charge is 2.24. The van der Waals surface area contributed by atoms with Crippen molar-refractivity contribution in [1.82, 2.24) is 5.16 Å². The Morgan fingerprint density at radius 1 is 1.53 bits per heavy atom. The minimum Gasteiger partial charge on any atom is -0.486 e. The molecule has 4 heteroatoms. The van der Waals surface area contributed by atoms with Crippen LogP contribution >= 0.6 is 0 Å². The zero-order valence-corrected chi connectivity index (χ0v) is 7.78. The van der Waals surface area contributed by atoms with Gasteiger partial charge >= 0.3 is 0 Å². The van der Waals surface area contributed by atoms with Crippen molar-refractivity contribution in [3.63, 3.8) is 0 Å². The van der Waals surface area contributed by atoms with Crippen molar-refractivity contribution < 1.29 is 13.4 Å². The number of nitrogen functional groups attached to an aromatic ring is 1. The Morgan fingerprint density at radius 3 is 3.33 bits per heavy atom. The third-order valence-corrected chi connectivity index (χ3v) is 2.45. The van der Waals surface area contributed by atoms with Gasteiger partial charge in [0.15, 0.2) is 5.75 Å². The van der Waals surface area contributed by atoms with E-state index in [0.29, 0.717) is 28.3 Å². The number of hydrogen-bond donors (Lipinski definition) is 1. The Hall–Kier alpha value is -1.97. The fourth-order valence-corrected chi connectivity index (χ4v) is 1.70. The van der Waals surface area contributed by atoms with Crippen LogP contribution < -0.4 is 10.5 Å². The monoisotopic (exact) mass is 205 g/mol. The maximum absolute atomic E-state index is 7.38. The lowest BCUT2D eigenvalue weighted by Crippen LogP contribution is -2.07. The Morgan fingerprint density at radius 2 is 2.47 bits per heavy atom. The second-order valence-corrected chi connectivity index (χ2v) is 3.35. The predicted octanol–water partition coefficient (Wildman–Crippen LogP) is 2.12. The molecular formula is C11H10N2O2. The quantitative estimate of drug-likeness (QED) is 0.669. The molecule has 15 heavy (non-hydrogen) atoms. The molecule has 0 amide bonds. The third-order valence-electron chi connectivity index (χ3n) is 2.45. The van der Waals surface area contributed by atoms with E-state index in [0.717, 1.165) is 0 Å². The lowest BCUT2D eigenvalue weighted by molar-refractivity contribution is 0.301. The van der Waals surface area contributed by atoms with Crippen LogP contribution in [-0.2, 0) is 6.61 Å². The van der Waals surface area contributed by atoms with Gasteiger partial charge in [-0.1, -0.05) is 11.2 Å². The zero-order chi connectivity index (χ0) is 12.9. The van der Waals surface area contributed by atoms with Crippen LogP contribution in [0.15, 0.2) is 22.7 Å². The fourth-order valence-electron chi connectivity index (χ4n) is 1.70. The van der Waals surface area contributed by atoms with E-state index >= 15 is 0 Å². The van der Waals surface area contributed by atoms with E-state index in [4.69, 9.17) is 19.1 Å². The summed E-state index contributed by atoms with van der Waals surface area (Å²) in [6.07, 6.45) is 0. The van der Waals surface area contributed by atoms with Gasteiger partial charge < -0.3 is 15.0 Å². The topological polar surface area (TPSA) is 61.3 Å². The first-order chi connectivity index (χ1) is 8.48. The molecule has 0 fully saturated rings. The number of rotatable bonds is 0. The molecule has 0 spiro atoms. The van der Waals surface area contributed by atoms with E-state index in [2.05, 4.69) is 5.16 Å². The molecule has 0 aliphatic carbocycles. The standard InChI is InChI=1S/C11H10N2O2/c1-6-8-5-14-11-7(10(8)13-15-6)3-2-4-9(11)12/h2-4H,5,12H2,1H3/i1D3. The minimum atomic E-state index is -2.33. The van der Waals surface area contributed by atoms with Crippen LogP contribution in [0.3, 0.4) is 0 Å². The van der Waals surface area contributed by atoms with Crippen molar-refractivity contribution in [2.24, 2.45) is 0 Å². The number of aryl methyl sites for hydroxylation is 1. The van der Waals surface area contributed by atoms with E-state index in [1.807, 2.05) is 0 Å². The summed E-state index contributed by atoms with van der Waals surface area (Å²) in [7, 11) is 0. The predicted molar refractivity (Wildman–Crippen MR) is 55.4 cm³/mol. The number of benzene rings is 1. The van der Waals surface area contributed by atoms with Crippen molar-refractivity contribution in [1.29, 1.82) is 0 Å². The highest BCUT2D eigenvalue weighted by molar-refractivity contribution is 5.78. The van der Waals surface area contributed by atoms with Gasteiger partial charge in [0.1, 0.15) is 18.1 Å². The SMILES string of the molecule is [2H]C([2H])([2H])c1onc2c1COc1c(N)cccc1-2. The Balaban J connectivity index is 2.22. The normalized spacial score (nSPS) is 16.7. The summed E-state index contributed by atoms with van der Waals surface area (Å²) >= 11 is 0. The largest absolute Gasteiger partial charge is 0.486 e. The summed E-state index contributed by atoms with van der Waals surface area (Å²) < 4.78 is 32.6. The molecule has 1 aromatic heterocycles. The van der Waals surface area contributed by atoms with E-state index < -0.39 is 6.85 Å². The van der Waals surface area contributed by atoms with Gasteiger partial charge in [0, 0.05) is 9.68 Å². The summed E-state index contributed by atoms with van der Waals surface area (Å²) in [5.41, 5.74) is 7.92. The summed E-state index contributed by atoms with van der Waals surface area (Å²) in [4.78, 5) is 0. The summed E-state index contributed by atoms with van der Waals surface area (Å²) in [5.74, 6) is 0.404. The molecule has 0 radical (unpaired) electrons. The van der Waals surface area contributed by atoms with E-state index in [1.165, 1.54) is 0 Å². The van der Waals surface area contributed by atoms with Crippen molar-refractivity contribution in [2.45, 2.75) is 13.5 Å². The van der Waals surface area contributed by atoms with Crippen molar-refractivity contribution >= 4 is 5.69 Å². The maximum atomic E-state index is 7.38. The molecule has 0 saturated heterocycles. The first-order valence-corrected chi connectivity index (χ1v) is 4.49. The zero-order valence-electron chi connectivity index (χ0n) is 10.8. The highest BCUT2D eigenvalue weighted by Crippen LogP contribution is 2.41. The van der Waals surface area contributed by atoms with Crippen LogP contribution in [0, 0.1) is 6.85 Å². The maximum Gasteiger partial charge on any atom is 0.152 e. The van der Waals surface area contributed by atoms with Gasteiger partial charge in [0.05, 0.1) is 11.3 Å². The van der Waals surface area contributed by atoms with Crippen molar-refractivity contribution in [2.75, 3.05) is 5.73 Å². The van der Waals surface area contributed by atoms with Gasteiger partial charge in [-0.3, -0.25) is 0 Å². The van der Waals surface area contributed by atoms with E-state index in [9.17, 15) is 0 Å². The molecule has 2 N–H and O–H groups in total. The molecule has 2 heterocycles. The molecule has 3 rings (SSSR count). The molecular weight excluding hydrogens is 192 g/mol. The van der Waals surface area contributed by atoms with Gasteiger partial charge in [-0.25, -0.2) is 0 Å². The number of anilines is 1. The molecule has 0 bridgehead atoms. The lowest BCUT2D eigenvalue weighted by Gasteiger charge is -2.17. The Labute approximate surface area is 90.8 Å². The molecule has 76 valence electrons. The van der Waals surface area contributed by atoms with Gasteiger partial charge in [0.2, 0.25) is 0 Å². The van der Waals surface area contributed by atoms with Gasteiger partial charge in [-0.2, -0.15) is 0 Å². The lowest BCUT2D eigenvalue weighted by atomic mass is 10.0. The van der Waals surface area contributed by atoms with Gasteiger partial charge in [0.25, 0.3) is 0 Å². The van der Waals surface area contributed by atoms with Gasteiger partial charge in [-0.15, -0.1) is 0 Å². The molecule has 1 aliphatic rings. The van der Waals surface area contributed by atoms with Crippen molar-refractivity contribution in [3.05, 3.63) is 29.5 Å². The summed E-state index contributed by atoms with van der Waals surface area (Å²) in [6.45, 7) is -2.23. The van der Waals surface area contributed by atoms with Crippen molar-refractivity contribution in [3.8, 4) is 17.0 Å². The Bertz CT molecular complexity index is 619. The number of aromatic nitrogens is 1. The molecule has 1 aromatic carbocycles. The van der Waals surface area contributed by atoms with Crippen LogP contribution in [0.5, 0.6) is 5.75 Å². The number of nitrogens with two attached hydrogens (primary N) is 1. The first kappa shape index (κ1) is 5.80. The molecule has 0 saturated carbocycles. The van der Waals surface area contributed by atoms with E-state index in [-0.39, 0.29) is 12.4 Å². The van der Waals surface area contributed by atoms with E-state index in [1.54, 1.807) is 18.2 Å². The van der Waals surface area contributed by atoms with Gasteiger partial charge in [-0.05, 0) is 19.0 Å². The average Bonchev–Trinajstić information content (AvgIpc) is 2.72. The minimum absolute atomic E-state index is 0.105. The molecule has 4 nitrogen and oxygen atoms in total. The summed E-state index contributed by atoms with van der Waals surface area (Å²) in [5, 5.41) is 3.84. The molecule has 1 aliphatic heterocycles. The van der Waals surface area contributed by atoms with Crippen LogP contribution in [-0.4, -0.2) is 5.16 Å². The Kier molecular flexibility index (Phi) is 1.07. The number of hydrogen-bond acceptors (Lipinski definition) is 4. The second kappa shape index (κ2) is 2.76. The number of ether oxygens (including phenoxy) is 1. The number of para-hydroxylation sites is 1. The number of nitrogens with zero attached hydrogens (tertiary/aromatic N) is 1. The molecule has 2 aromatic rings. The smallest absolute Gasteiger partial charge is 0.152 e. The highest BCUT2D eigenvalue weighted by atomic mass is 16.5. The van der Waals surface area contributed by atoms with Crippen LogP contribution in [0.1, 0.15) is 15.4 Å².